The van der Waals surface area contributed by atoms with Gasteiger partial charge in [-0.15, -0.1) is 0 Å². The van der Waals surface area contributed by atoms with E-state index in [1.807, 2.05) is 0 Å². The van der Waals surface area contributed by atoms with Crippen LogP contribution < -0.4 is 10.5 Å². The van der Waals surface area contributed by atoms with Gasteiger partial charge in [-0.3, -0.25) is 0 Å². The minimum atomic E-state index is -4.40. The zero-order valence-corrected chi connectivity index (χ0v) is 9.39. The van der Waals surface area contributed by atoms with Crippen molar-refractivity contribution in [3.05, 3.63) is 22.7 Å². The molecule has 84 valence electrons. The third-order valence-electron chi connectivity index (χ3n) is 1.75. The summed E-state index contributed by atoms with van der Waals surface area (Å²) < 4.78 is 41.8. The Morgan fingerprint density at radius 1 is 1.40 bits per heavy atom. The van der Waals surface area contributed by atoms with Gasteiger partial charge in [0.2, 0.25) is 0 Å². The molecule has 2 nitrogen and oxygen atoms in total. The largest absolute Gasteiger partial charge is 0.478 e. The van der Waals surface area contributed by atoms with E-state index in [4.69, 9.17) is 10.5 Å². The lowest BCUT2D eigenvalue weighted by molar-refractivity contribution is -0.189. The molecule has 0 spiro atoms. The van der Waals surface area contributed by atoms with Gasteiger partial charge in [0.25, 0.3) is 0 Å². The molecule has 1 atom stereocenters. The summed E-state index contributed by atoms with van der Waals surface area (Å²) in [6.07, 6.45) is -6.29. The van der Waals surface area contributed by atoms with Crippen molar-refractivity contribution >= 4 is 21.6 Å². The number of anilines is 1. The minimum Gasteiger partial charge on any atom is -0.478 e. The summed E-state index contributed by atoms with van der Waals surface area (Å²) >= 11 is 3.07. The molecule has 6 heteroatoms. The number of hydrogen-bond donors (Lipinski definition) is 1. The molecule has 0 aliphatic heterocycles. The van der Waals surface area contributed by atoms with Gasteiger partial charge >= 0.3 is 6.18 Å². The predicted molar refractivity (Wildman–Crippen MR) is 54.7 cm³/mol. The highest BCUT2D eigenvalue weighted by atomic mass is 79.9. The molecule has 1 rings (SSSR count). The lowest BCUT2D eigenvalue weighted by Crippen LogP contribution is -2.31. The van der Waals surface area contributed by atoms with E-state index in [-0.39, 0.29) is 11.4 Å². The van der Waals surface area contributed by atoms with Crippen molar-refractivity contribution in [2.45, 2.75) is 19.2 Å². The molecule has 0 amide bonds. The molecule has 0 aliphatic rings. The van der Waals surface area contributed by atoms with Crippen molar-refractivity contribution in [3.8, 4) is 5.75 Å². The standard InChI is InChI=1S/C9H9BrF3NO/c1-5(9(11,12)13)15-8-6(10)3-2-4-7(8)14/h2-5H,14H2,1H3/t5-/m0/s1. The van der Waals surface area contributed by atoms with Crippen LogP contribution in [0.25, 0.3) is 0 Å². The summed E-state index contributed by atoms with van der Waals surface area (Å²) in [5.74, 6) is 0.0160. The summed E-state index contributed by atoms with van der Waals surface area (Å²) in [7, 11) is 0. The van der Waals surface area contributed by atoms with Crippen molar-refractivity contribution in [1.82, 2.24) is 0 Å². The van der Waals surface area contributed by atoms with Gasteiger partial charge in [0, 0.05) is 0 Å². The number of hydrogen-bond acceptors (Lipinski definition) is 2. The van der Waals surface area contributed by atoms with Gasteiger partial charge < -0.3 is 10.5 Å². The van der Waals surface area contributed by atoms with E-state index < -0.39 is 12.3 Å². The zero-order chi connectivity index (χ0) is 11.6. The molecule has 0 bridgehead atoms. The fourth-order valence-corrected chi connectivity index (χ4v) is 1.37. The molecular formula is C9H9BrF3NO. The summed E-state index contributed by atoms with van der Waals surface area (Å²) in [6, 6.07) is 4.66. The van der Waals surface area contributed by atoms with Gasteiger partial charge in [-0.25, -0.2) is 0 Å². The highest BCUT2D eigenvalue weighted by molar-refractivity contribution is 9.10. The van der Waals surface area contributed by atoms with E-state index in [1.165, 1.54) is 6.07 Å². The molecule has 1 aromatic carbocycles. The molecule has 0 aromatic heterocycles. The van der Waals surface area contributed by atoms with Crippen molar-refractivity contribution < 1.29 is 17.9 Å². The average molecular weight is 284 g/mol. The summed E-state index contributed by atoms with van der Waals surface area (Å²) in [4.78, 5) is 0. The first-order valence-corrected chi connectivity index (χ1v) is 4.89. The summed E-state index contributed by atoms with van der Waals surface area (Å²) in [5.41, 5.74) is 5.66. The number of nitrogens with two attached hydrogens (primary N) is 1. The third kappa shape index (κ3) is 3.02. The lowest BCUT2D eigenvalue weighted by Gasteiger charge is -2.19. The van der Waals surface area contributed by atoms with Gasteiger partial charge in [0.1, 0.15) is 0 Å². The highest BCUT2D eigenvalue weighted by Crippen LogP contribution is 2.34. The molecule has 2 N–H and O–H groups in total. The number of halogens is 4. The van der Waals surface area contributed by atoms with Crippen LogP contribution in [0.15, 0.2) is 22.7 Å². The van der Waals surface area contributed by atoms with Crippen molar-refractivity contribution in [1.29, 1.82) is 0 Å². The quantitative estimate of drug-likeness (QED) is 0.845. The summed E-state index contributed by atoms with van der Waals surface area (Å²) in [6.45, 7) is 0.929. The fraction of sp³-hybridized carbons (Fsp3) is 0.333. The molecule has 15 heavy (non-hydrogen) atoms. The van der Waals surface area contributed by atoms with E-state index in [0.717, 1.165) is 6.92 Å². The fourth-order valence-electron chi connectivity index (χ4n) is 0.893. The van der Waals surface area contributed by atoms with Gasteiger partial charge in [-0.2, -0.15) is 13.2 Å². The molecule has 0 unspecified atom stereocenters. The second-order valence-electron chi connectivity index (χ2n) is 2.96. The summed E-state index contributed by atoms with van der Waals surface area (Å²) in [5, 5.41) is 0. The smallest absolute Gasteiger partial charge is 0.425 e. The Bertz CT molecular complexity index is 333. The van der Waals surface area contributed by atoms with E-state index in [2.05, 4.69) is 15.9 Å². The van der Waals surface area contributed by atoms with Gasteiger partial charge in [0.15, 0.2) is 11.9 Å². The van der Waals surface area contributed by atoms with E-state index in [9.17, 15) is 13.2 Å². The molecule has 0 heterocycles. The van der Waals surface area contributed by atoms with Crippen LogP contribution in [0.2, 0.25) is 0 Å². The molecule has 0 saturated heterocycles. The number of nitrogen functional groups attached to an aromatic ring is 1. The van der Waals surface area contributed by atoms with E-state index in [0.29, 0.717) is 4.47 Å². The minimum absolute atomic E-state index is 0.0160. The second-order valence-corrected chi connectivity index (χ2v) is 3.81. The number of para-hydroxylation sites is 1. The van der Waals surface area contributed by atoms with Crippen LogP contribution >= 0.6 is 15.9 Å². The van der Waals surface area contributed by atoms with E-state index >= 15 is 0 Å². The second kappa shape index (κ2) is 4.30. The van der Waals surface area contributed by atoms with Crippen LogP contribution in [0.1, 0.15) is 6.92 Å². The third-order valence-corrected chi connectivity index (χ3v) is 2.38. The van der Waals surface area contributed by atoms with Gasteiger partial charge in [-0.05, 0) is 35.0 Å². The zero-order valence-electron chi connectivity index (χ0n) is 7.81. The molecular weight excluding hydrogens is 275 g/mol. The molecule has 1 aromatic rings. The van der Waals surface area contributed by atoms with Crippen LogP contribution in [-0.4, -0.2) is 12.3 Å². The maximum absolute atomic E-state index is 12.2. The Labute approximate surface area is 93.3 Å². The normalized spacial score (nSPS) is 13.7. The molecule has 0 aliphatic carbocycles. The van der Waals surface area contributed by atoms with Crippen molar-refractivity contribution in [2.75, 3.05) is 5.73 Å². The predicted octanol–water partition coefficient (Wildman–Crippen LogP) is 3.36. The van der Waals surface area contributed by atoms with Crippen LogP contribution in [-0.2, 0) is 0 Å². The number of alkyl halides is 3. The Kier molecular flexibility index (Phi) is 3.49. The first kappa shape index (κ1) is 12.2. The monoisotopic (exact) mass is 283 g/mol. The van der Waals surface area contributed by atoms with Gasteiger partial charge in [-0.1, -0.05) is 6.07 Å². The number of rotatable bonds is 2. The van der Waals surface area contributed by atoms with Crippen molar-refractivity contribution in [3.63, 3.8) is 0 Å². The highest BCUT2D eigenvalue weighted by Gasteiger charge is 2.38. The molecule has 0 radical (unpaired) electrons. The first-order valence-electron chi connectivity index (χ1n) is 4.09. The van der Waals surface area contributed by atoms with Gasteiger partial charge in [0.05, 0.1) is 10.2 Å². The SMILES string of the molecule is C[C@H](Oc1c(N)cccc1Br)C(F)(F)F. The Morgan fingerprint density at radius 2 is 2.00 bits per heavy atom. The van der Waals surface area contributed by atoms with Crippen LogP contribution in [0, 0.1) is 0 Å². The van der Waals surface area contributed by atoms with Crippen LogP contribution in [0.4, 0.5) is 18.9 Å². The Hall–Kier alpha value is -0.910. The van der Waals surface area contributed by atoms with Crippen molar-refractivity contribution in [2.24, 2.45) is 0 Å². The topological polar surface area (TPSA) is 35.2 Å². The average Bonchev–Trinajstić information content (AvgIpc) is 2.09. The maximum Gasteiger partial charge on any atom is 0.425 e. The molecule has 0 fully saturated rings. The van der Waals surface area contributed by atoms with Crippen LogP contribution in [0.3, 0.4) is 0 Å². The Balaban J connectivity index is 2.90. The Morgan fingerprint density at radius 3 is 2.47 bits per heavy atom. The van der Waals surface area contributed by atoms with Crippen LogP contribution in [0.5, 0.6) is 5.75 Å². The first-order chi connectivity index (χ1) is 6.82. The molecule has 0 saturated carbocycles. The van der Waals surface area contributed by atoms with E-state index in [1.54, 1.807) is 12.1 Å². The number of benzene rings is 1. The lowest BCUT2D eigenvalue weighted by atomic mass is 10.3. The number of ether oxygens (including phenoxy) is 1. The maximum atomic E-state index is 12.2.